The van der Waals surface area contributed by atoms with E-state index in [1.54, 1.807) is 7.05 Å². The molecule has 0 aliphatic carbocycles. The maximum atomic E-state index is 12.5. The molecule has 6 heteroatoms. The molecule has 0 aliphatic rings. The molecule has 1 atom stereocenters. The highest BCUT2D eigenvalue weighted by Crippen LogP contribution is 2.40. The Morgan fingerprint density at radius 2 is 1.70 bits per heavy atom. The van der Waals surface area contributed by atoms with Crippen LogP contribution in [0.1, 0.15) is 34.6 Å². The lowest BCUT2D eigenvalue weighted by atomic mass is 9.87. The SMILES string of the molecule is CON(C)C(=O)[C@H](O[Si](C)(C)C(C)(C)C)C(C)(C)CO. The molecule has 0 radical (unpaired) electrons. The van der Waals surface area contributed by atoms with Crippen molar-refractivity contribution >= 4 is 14.2 Å². The first-order chi connectivity index (χ1) is 8.80. The van der Waals surface area contributed by atoms with E-state index in [0.717, 1.165) is 5.06 Å². The zero-order chi connectivity index (χ0) is 16.4. The number of aliphatic hydroxyl groups is 1. The van der Waals surface area contributed by atoms with Crippen molar-refractivity contribution in [1.29, 1.82) is 0 Å². The van der Waals surface area contributed by atoms with E-state index in [1.165, 1.54) is 7.11 Å². The summed E-state index contributed by atoms with van der Waals surface area (Å²) >= 11 is 0. The van der Waals surface area contributed by atoms with Crippen molar-refractivity contribution in [3.63, 3.8) is 0 Å². The number of carbonyl (C=O) groups excluding carboxylic acids is 1. The molecule has 1 N–H and O–H groups in total. The first kappa shape index (κ1) is 19.6. The van der Waals surface area contributed by atoms with Crippen LogP contribution in [0.5, 0.6) is 0 Å². The molecule has 0 unspecified atom stereocenters. The van der Waals surface area contributed by atoms with Gasteiger partial charge in [-0.3, -0.25) is 9.63 Å². The number of carbonyl (C=O) groups is 1. The number of nitrogens with zero attached hydrogens (tertiary/aromatic N) is 1. The topological polar surface area (TPSA) is 59.0 Å². The number of likely N-dealkylation sites (N-methyl/N-ethyl adjacent to an activating group) is 1. The Bertz CT molecular complexity index is 337. The smallest absolute Gasteiger partial charge is 0.274 e. The largest absolute Gasteiger partial charge is 0.404 e. The van der Waals surface area contributed by atoms with Gasteiger partial charge in [-0.05, 0) is 18.1 Å². The summed E-state index contributed by atoms with van der Waals surface area (Å²) in [5.74, 6) is -0.267. The van der Waals surface area contributed by atoms with E-state index in [-0.39, 0.29) is 17.6 Å². The van der Waals surface area contributed by atoms with E-state index in [4.69, 9.17) is 9.26 Å². The van der Waals surface area contributed by atoms with E-state index >= 15 is 0 Å². The predicted molar refractivity (Wildman–Crippen MR) is 82.7 cm³/mol. The highest BCUT2D eigenvalue weighted by atomic mass is 28.4. The van der Waals surface area contributed by atoms with Crippen molar-refractivity contribution in [3.05, 3.63) is 0 Å². The Kier molecular flexibility index (Phi) is 6.41. The van der Waals surface area contributed by atoms with Crippen LogP contribution >= 0.6 is 0 Å². The van der Waals surface area contributed by atoms with Crippen molar-refractivity contribution in [3.8, 4) is 0 Å². The molecule has 0 fully saturated rings. The van der Waals surface area contributed by atoms with Gasteiger partial charge in [0.1, 0.15) is 6.10 Å². The normalized spacial score (nSPS) is 15.1. The summed E-state index contributed by atoms with van der Waals surface area (Å²) in [6, 6.07) is 0. The molecule has 0 heterocycles. The molecule has 0 aromatic carbocycles. The highest BCUT2D eigenvalue weighted by molar-refractivity contribution is 6.74. The van der Waals surface area contributed by atoms with Crippen molar-refractivity contribution in [2.24, 2.45) is 5.41 Å². The van der Waals surface area contributed by atoms with Crippen LogP contribution in [0.15, 0.2) is 0 Å². The van der Waals surface area contributed by atoms with Gasteiger partial charge in [0.05, 0.1) is 13.7 Å². The zero-order valence-electron chi connectivity index (χ0n) is 14.4. The van der Waals surface area contributed by atoms with Crippen LogP contribution in [0.2, 0.25) is 18.1 Å². The second-order valence-corrected chi connectivity index (χ2v) is 12.2. The second-order valence-electron chi connectivity index (χ2n) is 7.42. The average Bonchev–Trinajstić information content (AvgIpc) is 2.32. The van der Waals surface area contributed by atoms with Crippen molar-refractivity contribution < 1.29 is 19.2 Å². The Morgan fingerprint density at radius 1 is 1.25 bits per heavy atom. The lowest BCUT2D eigenvalue weighted by molar-refractivity contribution is -0.183. The fraction of sp³-hybridized carbons (Fsp3) is 0.929. The number of amides is 1. The molecular weight excluding hydrogens is 274 g/mol. The molecule has 0 saturated carbocycles. The Labute approximate surface area is 124 Å². The fourth-order valence-electron chi connectivity index (χ4n) is 1.35. The number of hydrogen-bond donors (Lipinski definition) is 1. The fourth-order valence-corrected chi connectivity index (χ4v) is 2.72. The van der Waals surface area contributed by atoms with Crippen LogP contribution in [0.3, 0.4) is 0 Å². The van der Waals surface area contributed by atoms with E-state index in [1.807, 2.05) is 13.8 Å². The molecular formula is C14H31NO4Si. The Morgan fingerprint density at radius 3 is 2.00 bits per heavy atom. The maximum absolute atomic E-state index is 12.5. The molecule has 0 saturated heterocycles. The average molecular weight is 305 g/mol. The Hall–Kier alpha value is -0.433. The first-order valence-corrected chi connectivity index (χ1v) is 9.81. The van der Waals surface area contributed by atoms with Crippen LogP contribution < -0.4 is 0 Å². The summed E-state index contributed by atoms with van der Waals surface area (Å²) in [7, 11) is 0.861. The van der Waals surface area contributed by atoms with E-state index in [2.05, 4.69) is 33.9 Å². The minimum atomic E-state index is -2.13. The number of hydrogen-bond acceptors (Lipinski definition) is 4. The highest BCUT2D eigenvalue weighted by Gasteiger charge is 2.46. The van der Waals surface area contributed by atoms with Gasteiger partial charge in [-0.15, -0.1) is 0 Å². The van der Waals surface area contributed by atoms with Gasteiger partial charge in [0, 0.05) is 12.5 Å². The van der Waals surface area contributed by atoms with Gasteiger partial charge in [-0.1, -0.05) is 34.6 Å². The summed E-state index contributed by atoms with van der Waals surface area (Å²) in [5.41, 5.74) is -0.667. The van der Waals surface area contributed by atoms with Gasteiger partial charge < -0.3 is 9.53 Å². The second kappa shape index (κ2) is 6.55. The number of rotatable bonds is 6. The molecule has 0 spiro atoms. The monoisotopic (exact) mass is 305 g/mol. The van der Waals surface area contributed by atoms with E-state index in [9.17, 15) is 9.90 Å². The van der Waals surface area contributed by atoms with Gasteiger partial charge in [0.2, 0.25) is 0 Å². The quantitative estimate of drug-likeness (QED) is 0.605. The minimum Gasteiger partial charge on any atom is -0.404 e. The molecule has 0 aromatic rings. The summed E-state index contributed by atoms with van der Waals surface area (Å²) < 4.78 is 6.25. The lowest BCUT2D eigenvalue weighted by Gasteiger charge is -2.43. The van der Waals surface area contributed by atoms with Gasteiger partial charge in [-0.25, -0.2) is 5.06 Å². The maximum Gasteiger partial charge on any atom is 0.274 e. The van der Waals surface area contributed by atoms with E-state index < -0.39 is 19.8 Å². The summed E-state index contributed by atoms with van der Waals surface area (Å²) in [6.45, 7) is 14.1. The third-order valence-corrected chi connectivity index (χ3v) is 8.58. The van der Waals surface area contributed by atoms with Crippen LogP contribution in [0, 0.1) is 5.41 Å². The molecule has 1 amide bonds. The third kappa shape index (κ3) is 4.55. The third-order valence-electron chi connectivity index (χ3n) is 4.14. The van der Waals surface area contributed by atoms with Gasteiger partial charge >= 0.3 is 0 Å². The summed E-state index contributed by atoms with van der Waals surface area (Å²) in [6.07, 6.45) is -0.724. The van der Waals surface area contributed by atoms with E-state index in [0.29, 0.717) is 0 Å². The standard InChI is InChI=1S/C14H31NO4Si/c1-13(2,3)20(8,9)19-11(14(4,5)10-16)12(17)15(6)18-7/h11,16H,10H2,1-9H3/t11-/m0/s1. The van der Waals surface area contributed by atoms with Crippen LogP contribution in [-0.4, -0.2) is 51.3 Å². The molecule has 120 valence electrons. The van der Waals surface area contributed by atoms with Crippen molar-refractivity contribution in [2.75, 3.05) is 20.8 Å². The minimum absolute atomic E-state index is 0.0112. The van der Waals surface area contributed by atoms with Crippen molar-refractivity contribution in [1.82, 2.24) is 5.06 Å². The van der Waals surface area contributed by atoms with Gasteiger partial charge in [0.25, 0.3) is 5.91 Å². The lowest BCUT2D eigenvalue weighted by Crippen LogP contribution is -2.54. The number of aliphatic hydroxyl groups excluding tert-OH is 1. The summed E-state index contributed by atoms with van der Waals surface area (Å²) in [5, 5.41) is 10.7. The number of hydroxylamine groups is 2. The molecule has 0 rings (SSSR count). The van der Waals surface area contributed by atoms with Crippen LogP contribution in [0.4, 0.5) is 0 Å². The molecule has 5 nitrogen and oxygen atoms in total. The summed E-state index contributed by atoms with van der Waals surface area (Å²) in [4.78, 5) is 17.4. The molecule has 20 heavy (non-hydrogen) atoms. The Balaban J connectivity index is 5.43. The van der Waals surface area contributed by atoms with Crippen LogP contribution in [-0.2, 0) is 14.1 Å². The first-order valence-electron chi connectivity index (χ1n) is 6.90. The predicted octanol–water partition coefficient (Wildman–Crippen LogP) is 2.42. The molecule has 0 bridgehead atoms. The van der Waals surface area contributed by atoms with Gasteiger partial charge in [-0.2, -0.15) is 0 Å². The molecule has 0 aromatic heterocycles. The molecule has 0 aliphatic heterocycles. The van der Waals surface area contributed by atoms with Crippen molar-refractivity contribution in [2.45, 2.75) is 58.9 Å². The van der Waals surface area contributed by atoms with Gasteiger partial charge in [0.15, 0.2) is 8.32 Å². The van der Waals surface area contributed by atoms with Crippen LogP contribution in [0.25, 0.3) is 0 Å². The zero-order valence-corrected chi connectivity index (χ0v) is 15.4.